The molecule has 2 rings (SSSR count). The molecule has 2 aliphatic rings. The molecular weight excluding hydrogens is 288 g/mol. The van der Waals surface area contributed by atoms with Gasteiger partial charge in [-0.05, 0) is 13.8 Å². The van der Waals surface area contributed by atoms with E-state index < -0.39 is 0 Å². The van der Waals surface area contributed by atoms with Crippen molar-refractivity contribution in [3.05, 3.63) is 22.8 Å². The monoisotopic (exact) mass is 314 g/mol. The van der Waals surface area contributed by atoms with E-state index in [1.807, 2.05) is 21.6 Å². The van der Waals surface area contributed by atoms with E-state index in [-0.39, 0.29) is 0 Å². The summed E-state index contributed by atoms with van der Waals surface area (Å²) in [7, 11) is 12.6. The summed E-state index contributed by atoms with van der Waals surface area (Å²) in [5.74, 6) is 2.17. The van der Waals surface area contributed by atoms with Gasteiger partial charge in [-0.1, -0.05) is 21.6 Å². The van der Waals surface area contributed by atoms with Crippen LogP contribution in [0.4, 0.5) is 0 Å². The lowest BCUT2D eigenvalue weighted by molar-refractivity contribution is 0.319. The third-order valence-electron chi connectivity index (χ3n) is 4.23. The molecule has 0 aliphatic carbocycles. The highest BCUT2D eigenvalue weighted by Gasteiger charge is 2.22. The second-order valence-electron chi connectivity index (χ2n) is 5.66. The molecular formula is C14H26N4S2. The standard InChI is InChI=1S/C14H26N4S2/c1-11-13(17(5)9-15(11)3)7-19-20-8-14-12(2)16(4)10-18(14)6/h7-10H2,1-6H3. The van der Waals surface area contributed by atoms with Crippen molar-refractivity contribution in [1.29, 1.82) is 0 Å². The molecule has 6 heteroatoms. The lowest BCUT2D eigenvalue weighted by Gasteiger charge is -2.17. The van der Waals surface area contributed by atoms with Gasteiger partial charge in [0.2, 0.25) is 0 Å². The minimum Gasteiger partial charge on any atom is -0.359 e. The summed E-state index contributed by atoms with van der Waals surface area (Å²) in [5, 5.41) is 0. The molecule has 0 unspecified atom stereocenters. The van der Waals surface area contributed by atoms with Crippen LogP contribution in [-0.2, 0) is 0 Å². The molecule has 20 heavy (non-hydrogen) atoms. The fourth-order valence-corrected chi connectivity index (χ4v) is 5.05. The Morgan fingerprint density at radius 2 is 1.05 bits per heavy atom. The van der Waals surface area contributed by atoms with Crippen molar-refractivity contribution >= 4 is 21.6 Å². The van der Waals surface area contributed by atoms with Crippen LogP contribution in [0, 0.1) is 0 Å². The first-order valence-electron chi connectivity index (χ1n) is 6.90. The zero-order valence-corrected chi connectivity index (χ0v) is 15.1. The first-order valence-corrected chi connectivity index (χ1v) is 9.39. The summed E-state index contributed by atoms with van der Waals surface area (Å²) in [5.41, 5.74) is 5.75. The molecule has 0 bridgehead atoms. The van der Waals surface area contributed by atoms with Crippen molar-refractivity contribution in [2.24, 2.45) is 0 Å². The van der Waals surface area contributed by atoms with Crippen molar-refractivity contribution in [2.75, 3.05) is 53.0 Å². The van der Waals surface area contributed by atoms with Gasteiger partial charge >= 0.3 is 0 Å². The van der Waals surface area contributed by atoms with E-state index in [0.717, 1.165) is 24.8 Å². The van der Waals surface area contributed by atoms with Gasteiger partial charge in [0.15, 0.2) is 0 Å². The molecule has 0 aromatic heterocycles. The fourth-order valence-electron chi connectivity index (χ4n) is 2.64. The van der Waals surface area contributed by atoms with Gasteiger partial charge in [0.05, 0.1) is 13.3 Å². The Labute approximate surface area is 131 Å². The Hall–Kier alpha value is -0.620. The topological polar surface area (TPSA) is 13.0 Å². The first-order chi connectivity index (χ1) is 9.41. The molecule has 0 atom stereocenters. The fraction of sp³-hybridized carbons (Fsp3) is 0.714. The van der Waals surface area contributed by atoms with Crippen LogP contribution < -0.4 is 0 Å². The average molecular weight is 315 g/mol. The summed E-state index contributed by atoms with van der Waals surface area (Å²) in [6.07, 6.45) is 0. The highest BCUT2D eigenvalue weighted by molar-refractivity contribution is 8.76. The molecule has 0 saturated heterocycles. The third-order valence-corrected chi connectivity index (χ3v) is 6.38. The second kappa shape index (κ2) is 6.43. The van der Waals surface area contributed by atoms with Gasteiger partial charge in [-0.15, -0.1) is 0 Å². The highest BCUT2D eigenvalue weighted by atomic mass is 33.1. The third kappa shape index (κ3) is 3.17. The van der Waals surface area contributed by atoms with Crippen LogP contribution in [0.25, 0.3) is 0 Å². The minimum absolute atomic E-state index is 1.02. The van der Waals surface area contributed by atoms with Crippen LogP contribution in [-0.4, -0.2) is 72.6 Å². The summed E-state index contributed by atoms with van der Waals surface area (Å²) in [6, 6.07) is 0. The van der Waals surface area contributed by atoms with E-state index in [4.69, 9.17) is 0 Å². The second-order valence-corrected chi connectivity index (χ2v) is 8.13. The smallest absolute Gasteiger partial charge is 0.0892 e. The quantitative estimate of drug-likeness (QED) is 0.567. The molecule has 114 valence electrons. The van der Waals surface area contributed by atoms with Crippen molar-refractivity contribution in [1.82, 2.24) is 19.6 Å². The maximum atomic E-state index is 2.35. The van der Waals surface area contributed by atoms with Crippen molar-refractivity contribution < 1.29 is 0 Å². The maximum Gasteiger partial charge on any atom is 0.0892 e. The Kier molecular flexibility index (Phi) is 5.07. The summed E-state index contributed by atoms with van der Waals surface area (Å²) in [4.78, 5) is 9.33. The summed E-state index contributed by atoms with van der Waals surface area (Å²) >= 11 is 0. The molecule has 2 heterocycles. The largest absolute Gasteiger partial charge is 0.359 e. The van der Waals surface area contributed by atoms with E-state index in [2.05, 4.69) is 61.6 Å². The van der Waals surface area contributed by atoms with Crippen LogP contribution in [0.1, 0.15) is 13.8 Å². The van der Waals surface area contributed by atoms with Crippen LogP contribution in [0.3, 0.4) is 0 Å². The number of allylic oxidation sites excluding steroid dienone is 2. The molecule has 0 amide bonds. The number of nitrogens with zero attached hydrogens (tertiary/aromatic N) is 4. The van der Waals surface area contributed by atoms with Crippen LogP contribution >= 0.6 is 21.6 Å². The predicted octanol–water partition coefficient (Wildman–Crippen LogP) is 2.50. The Morgan fingerprint density at radius 3 is 1.30 bits per heavy atom. The van der Waals surface area contributed by atoms with Crippen LogP contribution in [0.2, 0.25) is 0 Å². The van der Waals surface area contributed by atoms with E-state index in [9.17, 15) is 0 Å². The number of hydrogen-bond donors (Lipinski definition) is 0. The van der Waals surface area contributed by atoms with Gasteiger partial charge in [-0.25, -0.2) is 0 Å². The molecule has 0 saturated carbocycles. The lowest BCUT2D eigenvalue weighted by atomic mass is 10.4. The minimum atomic E-state index is 1.02. The van der Waals surface area contributed by atoms with Crippen molar-refractivity contribution in [2.45, 2.75) is 13.8 Å². The first kappa shape index (κ1) is 15.8. The summed E-state index contributed by atoms with van der Waals surface area (Å²) in [6.45, 7) is 6.47. The molecule has 0 aromatic rings. The zero-order chi connectivity index (χ0) is 14.9. The highest BCUT2D eigenvalue weighted by Crippen LogP contribution is 2.33. The van der Waals surface area contributed by atoms with E-state index in [0.29, 0.717) is 0 Å². The van der Waals surface area contributed by atoms with E-state index >= 15 is 0 Å². The SMILES string of the molecule is CC1=C(CSSCC2=C(C)N(C)CN2C)N(C)CN1C. The van der Waals surface area contributed by atoms with Gasteiger partial charge in [-0.2, -0.15) is 0 Å². The summed E-state index contributed by atoms with van der Waals surface area (Å²) < 4.78 is 0. The van der Waals surface area contributed by atoms with E-state index in [1.165, 1.54) is 22.8 Å². The van der Waals surface area contributed by atoms with E-state index in [1.54, 1.807) is 0 Å². The lowest BCUT2D eigenvalue weighted by Crippen LogP contribution is -2.21. The number of rotatable bonds is 5. The van der Waals surface area contributed by atoms with Crippen molar-refractivity contribution in [3.8, 4) is 0 Å². The van der Waals surface area contributed by atoms with Crippen LogP contribution in [0.5, 0.6) is 0 Å². The molecule has 0 N–H and O–H groups in total. The number of hydrogen-bond acceptors (Lipinski definition) is 6. The van der Waals surface area contributed by atoms with Gasteiger partial charge in [0.1, 0.15) is 0 Å². The molecule has 0 radical (unpaired) electrons. The van der Waals surface area contributed by atoms with Gasteiger partial charge in [0.25, 0.3) is 0 Å². The van der Waals surface area contributed by atoms with Gasteiger partial charge < -0.3 is 19.6 Å². The molecule has 0 spiro atoms. The predicted molar refractivity (Wildman–Crippen MR) is 91.1 cm³/mol. The maximum absolute atomic E-state index is 2.35. The normalized spacial score (nSPS) is 20.1. The Balaban J connectivity index is 1.80. The van der Waals surface area contributed by atoms with Gasteiger partial charge in [-0.3, -0.25) is 0 Å². The average Bonchev–Trinajstić information content (AvgIpc) is 2.76. The Bertz CT molecular complexity index is 393. The zero-order valence-electron chi connectivity index (χ0n) is 13.4. The van der Waals surface area contributed by atoms with Gasteiger partial charge in [0, 0.05) is 62.5 Å². The van der Waals surface area contributed by atoms with Crippen LogP contribution in [0.15, 0.2) is 22.8 Å². The molecule has 2 aliphatic heterocycles. The molecule has 4 nitrogen and oxygen atoms in total. The molecule has 0 aromatic carbocycles. The van der Waals surface area contributed by atoms with Crippen molar-refractivity contribution in [3.63, 3.8) is 0 Å². The Morgan fingerprint density at radius 1 is 0.700 bits per heavy atom. The molecule has 0 fully saturated rings.